The molecule has 0 N–H and O–H groups in total. The van der Waals surface area contributed by atoms with E-state index in [0.717, 1.165) is 29.6 Å². The van der Waals surface area contributed by atoms with Gasteiger partial charge in [-0.2, -0.15) is 0 Å². The third kappa shape index (κ3) is 6.25. The van der Waals surface area contributed by atoms with E-state index in [4.69, 9.17) is 0 Å². The Bertz CT molecular complexity index is 206. The molecule has 1 fully saturated rings. The van der Waals surface area contributed by atoms with Gasteiger partial charge < -0.3 is 0 Å². The molecule has 18 heavy (non-hydrogen) atoms. The molecule has 0 bridgehead atoms. The predicted molar refractivity (Wildman–Crippen MR) is 82.8 cm³/mol. The zero-order valence-corrected chi connectivity index (χ0v) is 13.5. The Morgan fingerprint density at radius 3 is 2.33 bits per heavy atom. The first-order valence-corrected chi connectivity index (χ1v) is 8.49. The van der Waals surface area contributed by atoms with Crippen molar-refractivity contribution in [3.63, 3.8) is 0 Å². The molecule has 0 aromatic carbocycles. The summed E-state index contributed by atoms with van der Waals surface area (Å²) < 4.78 is 0. The minimum atomic E-state index is 0.886. The maximum atomic E-state index is 2.49. The summed E-state index contributed by atoms with van der Waals surface area (Å²) in [4.78, 5) is 0. The zero-order chi connectivity index (χ0) is 13.5. The van der Waals surface area contributed by atoms with Gasteiger partial charge in [-0.15, -0.1) is 0 Å². The summed E-state index contributed by atoms with van der Waals surface area (Å²) in [5, 5.41) is 0. The topological polar surface area (TPSA) is 0 Å². The molecular weight excluding hydrogens is 216 g/mol. The lowest BCUT2D eigenvalue weighted by Gasteiger charge is -2.33. The second kappa shape index (κ2) is 8.23. The molecule has 0 amide bonds. The van der Waals surface area contributed by atoms with Crippen molar-refractivity contribution >= 4 is 0 Å². The number of rotatable bonds is 7. The van der Waals surface area contributed by atoms with E-state index in [-0.39, 0.29) is 0 Å². The largest absolute Gasteiger partial charge is 0.0628 e. The first-order valence-electron chi connectivity index (χ1n) is 8.49. The molecule has 0 aromatic heterocycles. The Morgan fingerprint density at radius 2 is 1.67 bits per heavy atom. The molecule has 0 unspecified atom stereocenters. The second-order valence-corrected chi connectivity index (χ2v) is 7.66. The molecule has 0 heterocycles. The van der Waals surface area contributed by atoms with Crippen LogP contribution in [0.1, 0.15) is 86.0 Å². The highest BCUT2D eigenvalue weighted by molar-refractivity contribution is 4.76. The first-order chi connectivity index (χ1) is 8.49. The molecule has 0 saturated heterocycles. The van der Waals surface area contributed by atoms with E-state index < -0.39 is 0 Å². The van der Waals surface area contributed by atoms with Gasteiger partial charge in [0.25, 0.3) is 0 Å². The van der Waals surface area contributed by atoms with E-state index >= 15 is 0 Å². The van der Waals surface area contributed by atoms with Crippen LogP contribution in [-0.4, -0.2) is 0 Å². The summed E-state index contributed by atoms with van der Waals surface area (Å²) in [6.07, 6.45) is 11.7. The average Bonchev–Trinajstić information content (AvgIpc) is 2.30. The summed E-state index contributed by atoms with van der Waals surface area (Å²) in [7, 11) is 0. The van der Waals surface area contributed by atoms with Gasteiger partial charge in [-0.3, -0.25) is 0 Å². The van der Waals surface area contributed by atoms with Crippen molar-refractivity contribution in [1.82, 2.24) is 0 Å². The molecule has 1 saturated carbocycles. The molecule has 1 rings (SSSR count). The van der Waals surface area contributed by atoms with Crippen LogP contribution in [0, 0.1) is 29.6 Å². The molecular formula is C18H36. The molecule has 0 heteroatoms. The van der Waals surface area contributed by atoms with Crippen LogP contribution >= 0.6 is 0 Å². The smallest absolute Gasteiger partial charge is 0.0386 e. The fourth-order valence-electron chi connectivity index (χ4n) is 3.57. The normalized spacial score (nSPS) is 30.7. The fourth-order valence-corrected chi connectivity index (χ4v) is 3.57. The monoisotopic (exact) mass is 252 g/mol. The van der Waals surface area contributed by atoms with E-state index in [2.05, 4.69) is 34.6 Å². The molecule has 1 aliphatic rings. The molecule has 1 aliphatic carbocycles. The van der Waals surface area contributed by atoms with Gasteiger partial charge in [-0.25, -0.2) is 0 Å². The van der Waals surface area contributed by atoms with Gasteiger partial charge in [-0.1, -0.05) is 73.1 Å². The Balaban J connectivity index is 2.14. The third-order valence-electron chi connectivity index (χ3n) is 5.13. The fraction of sp³-hybridized carbons (Fsp3) is 1.00. The standard InChI is InChI=1S/C18H36/c1-14(2)7-6-8-15(3)10-12-18-13-16(4)9-11-17(18)5/h14-18H,6-13H2,1-5H3/t15-,16-,17+,18+/m0/s1. The van der Waals surface area contributed by atoms with E-state index in [1.807, 2.05) is 0 Å². The Kier molecular flexibility index (Phi) is 7.34. The molecule has 0 aliphatic heterocycles. The maximum Gasteiger partial charge on any atom is -0.0386 e. The Hall–Kier alpha value is 0. The van der Waals surface area contributed by atoms with Crippen molar-refractivity contribution in [2.45, 2.75) is 86.0 Å². The van der Waals surface area contributed by atoms with Gasteiger partial charge in [-0.05, 0) is 42.4 Å². The van der Waals surface area contributed by atoms with Crippen molar-refractivity contribution < 1.29 is 0 Å². The van der Waals surface area contributed by atoms with Crippen LogP contribution in [-0.2, 0) is 0 Å². The second-order valence-electron chi connectivity index (χ2n) is 7.66. The molecule has 0 aromatic rings. The van der Waals surface area contributed by atoms with Crippen LogP contribution in [0.4, 0.5) is 0 Å². The van der Waals surface area contributed by atoms with Gasteiger partial charge in [0.05, 0.1) is 0 Å². The average molecular weight is 252 g/mol. The van der Waals surface area contributed by atoms with Gasteiger partial charge >= 0.3 is 0 Å². The van der Waals surface area contributed by atoms with E-state index in [0.29, 0.717) is 0 Å². The highest BCUT2D eigenvalue weighted by Gasteiger charge is 2.25. The molecule has 108 valence electrons. The molecule has 0 spiro atoms. The number of hydrogen-bond donors (Lipinski definition) is 0. The van der Waals surface area contributed by atoms with Gasteiger partial charge in [0.15, 0.2) is 0 Å². The quantitative estimate of drug-likeness (QED) is 0.498. The summed E-state index contributed by atoms with van der Waals surface area (Å²) in [6, 6.07) is 0. The summed E-state index contributed by atoms with van der Waals surface area (Å²) in [5.74, 6) is 4.84. The first kappa shape index (κ1) is 16.1. The minimum absolute atomic E-state index is 0.886. The number of hydrogen-bond acceptors (Lipinski definition) is 0. The summed E-state index contributed by atoms with van der Waals surface area (Å²) >= 11 is 0. The zero-order valence-electron chi connectivity index (χ0n) is 13.5. The lowest BCUT2D eigenvalue weighted by molar-refractivity contribution is 0.182. The third-order valence-corrected chi connectivity index (χ3v) is 5.13. The summed E-state index contributed by atoms with van der Waals surface area (Å²) in [6.45, 7) is 12.1. The predicted octanol–water partition coefficient (Wildman–Crippen LogP) is 6.30. The Labute approximate surface area is 116 Å². The lowest BCUT2D eigenvalue weighted by Crippen LogP contribution is -2.22. The van der Waals surface area contributed by atoms with Crippen molar-refractivity contribution in [2.24, 2.45) is 29.6 Å². The molecule has 0 radical (unpaired) electrons. The van der Waals surface area contributed by atoms with Gasteiger partial charge in [0.2, 0.25) is 0 Å². The van der Waals surface area contributed by atoms with Crippen molar-refractivity contribution in [2.75, 3.05) is 0 Å². The lowest BCUT2D eigenvalue weighted by atomic mass is 9.73. The Morgan fingerprint density at radius 1 is 0.944 bits per heavy atom. The highest BCUT2D eigenvalue weighted by atomic mass is 14.3. The molecule has 4 atom stereocenters. The van der Waals surface area contributed by atoms with Gasteiger partial charge in [0.1, 0.15) is 0 Å². The molecule has 0 nitrogen and oxygen atoms in total. The van der Waals surface area contributed by atoms with Crippen molar-refractivity contribution in [3.8, 4) is 0 Å². The van der Waals surface area contributed by atoms with Crippen LogP contribution in [0.2, 0.25) is 0 Å². The van der Waals surface area contributed by atoms with Crippen LogP contribution in [0.3, 0.4) is 0 Å². The van der Waals surface area contributed by atoms with Crippen LogP contribution in [0.5, 0.6) is 0 Å². The van der Waals surface area contributed by atoms with E-state index in [9.17, 15) is 0 Å². The summed E-state index contributed by atoms with van der Waals surface area (Å²) in [5.41, 5.74) is 0. The minimum Gasteiger partial charge on any atom is -0.0628 e. The van der Waals surface area contributed by atoms with E-state index in [1.54, 1.807) is 0 Å². The SMILES string of the molecule is CC(C)CCC[C@H](C)CC[C@@H]1C[C@@H](C)CC[C@H]1C. The van der Waals surface area contributed by atoms with Crippen LogP contribution in [0.15, 0.2) is 0 Å². The van der Waals surface area contributed by atoms with Crippen LogP contribution in [0.25, 0.3) is 0 Å². The van der Waals surface area contributed by atoms with Crippen molar-refractivity contribution in [3.05, 3.63) is 0 Å². The van der Waals surface area contributed by atoms with Crippen LogP contribution < -0.4 is 0 Å². The maximum absolute atomic E-state index is 2.49. The van der Waals surface area contributed by atoms with Crippen molar-refractivity contribution in [1.29, 1.82) is 0 Å². The highest BCUT2D eigenvalue weighted by Crippen LogP contribution is 2.37. The van der Waals surface area contributed by atoms with E-state index in [1.165, 1.54) is 51.4 Å². The van der Waals surface area contributed by atoms with Gasteiger partial charge in [0, 0.05) is 0 Å².